The number of rotatable bonds is 5. The summed E-state index contributed by atoms with van der Waals surface area (Å²) in [5.41, 5.74) is 6.58. The standard InChI is InChI=1S/C13H15ClN4O2/c1-2-3-8-20-13(19)11-12(15)18(17-16-11)10-6-4-9(14)5-7-10/h4-7H,2-3,8,15H2,1H3. The van der Waals surface area contributed by atoms with Gasteiger partial charge in [-0.1, -0.05) is 30.2 Å². The molecule has 0 unspecified atom stereocenters. The van der Waals surface area contributed by atoms with Gasteiger partial charge in [-0.15, -0.1) is 5.10 Å². The summed E-state index contributed by atoms with van der Waals surface area (Å²) in [6, 6.07) is 6.88. The SMILES string of the molecule is CCCCOC(=O)c1nnn(-c2ccc(Cl)cc2)c1N. The number of carbonyl (C=O) groups excluding carboxylic acids is 1. The first-order valence-corrected chi connectivity index (χ1v) is 6.65. The number of carbonyl (C=O) groups is 1. The molecule has 0 fully saturated rings. The number of unbranched alkanes of at least 4 members (excludes halogenated alkanes) is 1. The summed E-state index contributed by atoms with van der Waals surface area (Å²) in [5, 5.41) is 8.24. The van der Waals surface area contributed by atoms with Crippen molar-refractivity contribution in [1.29, 1.82) is 0 Å². The lowest BCUT2D eigenvalue weighted by molar-refractivity contribution is 0.0494. The first-order chi connectivity index (χ1) is 9.63. The average molecular weight is 295 g/mol. The van der Waals surface area contributed by atoms with Crippen molar-refractivity contribution in [2.24, 2.45) is 0 Å². The molecule has 2 N–H and O–H groups in total. The summed E-state index contributed by atoms with van der Waals surface area (Å²) in [7, 11) is 0. The topological polar surface area (TPSA) is 83.0 Å². The highest BCUT2D eigenvalue weighted by molar-refractivity contribution is 6.30. The van der Waals surface area contributed by atoms with Crippen LogP contribution in [0.25, 0.3) is 5.69 Å². The average Bonchev–Trinajstić information content (AvgIpc) is 2.82. The minimum absolute atomic E-state index is 0.0241. The van der Waals surface area contributed by atoms with Crippen molar-refractivity contribution in [3.8, 4) is 5.69 Å². The van der Waals surface area contributed by atoms with Crippen LogP contribution in [0.3, 0.4) is 0 Å². The molecular weight excluding hydrogens is 280 g/mol. The lowest BCUT2D eigenvalue weighted by Crippen LogP contribution is -2.10. The molecular formula is C13H15ClN4O2. The molecule has 1 heterocycles. The van der Waals surface area contributed by atoms with E-state index in [-0.39, 0.29) is 11.5 Å². The van der Waals surface area contributed by atoms with E-state index in [9.17, 15) is 4.79 Å². The molecule has 106 valence electrons. The number of hydrogen-bond donors (Lipinski definition) is 1. The van der Waals surface area contributed by atoms with Crippen molar-refractivity contribution < 1.29 is 9.53 Å². The molecule has 0 spiro atoms. The molecule has 0 radical (unpaired) electrons. The number of hydrogen-bond acceptors (Lipinski definition) is 5. The third-order valence-electron chi connectivity index (χ3n) is 2.70. The highest BCUT2D eigenvalue weighted by Crippen LogP contribution is 2.18. The fraction of sp³-hybridized carbons (Fsp3) is 0.308. The molecule has 2 rings (SSSR count). The normalized spacial score (nSPS) is 10.5. The summed E-state index contributed by atoms with van der Waals surface area (Å²) in [6.07, 6.45) is 1.75. The second-order valence-corrected chi connectivity index (χ2v) is 4.64. The van der Waals surface area contributed by atoms with Gasteiger partial charge in [-0.05, 0) is 30.7 Å². The van der Waals surface area contributed by atoms with Crippen LogP contribution in [-0.2, 0) is 4.74 Å². The number of ether oxygens (including phenoxy) is 1. The maximum atomic E-state index is 11.8. The van der Waals surface area contributed by atoms with Gasteiger partial charge in [-0.25, -0.2) is 4.79 Å². The number of benzene rings is 1. The third kappa shape index (κ3) is 3.08. The molecule has 0 saturated heterocycles. The number of nitrogen functional groups attached to an aromatic ring is 1. The van der Waals surface area contributed by atoms with Crippen molar-refractivity contribution >= 4 is 23.4 Å². The van der Waals surface area contributed by atoms with Crippen LogP contribution < -0.4 is 5.73 Å². The molecule has 20 heavy (non-hydrogen) atoms. The Balaban J connectivity index is 2.18. The van der Waals surface area contributed by atoms with E-state index in [0.717, 1.165) is 12.8 Å². The van der Waals surface area contributed by atoms with Crippen LogP contribution in [-0.4, -0.2) is 27.6 Å². The number of halogens is 1. The summed E-state index contributed by atoms with van der Waals surface area (Å²) in [6.45, 7) is 2.36. The number of nitrogens with two attached hydrogens (primary N) is 1. The number of esters is 1. The molecule has 0 bridgehead atoms. The van der Waals surface area contributed by atoms with Gasteiger partial charge in [0.2, 0.25) is 5.69 Å². The van der Waals surface area contributed by atoms with Crippen LogP contribution in [0.1, 0.15) is 30.3 Å². The molecule has 0 aliphatic carbocycles. The van der Waals surface area contributed by atoms with Crippen LogP contribution in [0.5, 0.6) is 0 Å². The third-order valence-corrected chi connectivity index (χ3v) is 2.95. The van der Waals surface area contributed by atoms with E-state index in [0.29, 0.717) is 17.3 Å². The lowest BCUT2D eigenvalue weighted by Gasteiger charge is -2.04. The fourth-order valence-corrected chi connectivity index (χ4v) is 1.71. The highest BCUT2D eigenvalue weighted by atomic mass is 35.5. The molecule has 0 saturated carbocycles. The Morgan fingerprint density at radius 3 is 2.75 bits per heavy atom. The summed E-state index contributed by atoms with van der Waals surface area (Å²) in [5.74, 6) is -0.412. The van der Waals surface area contributed by atoms with Gasteiger partial charge < -0.3 is 10.5 Å². The first-order valence-electron chi connectivity index (χ1n) is 6.27. The van der Waals surface area contributed by atoms with Crippen molar-refractivity contribution in [3.05, 3.63) is 35.0 Å². The molecule has 1 aromatic carbocycles. The van der Waals surface area contributed by atoms with E-state index in [4.69, 9.17) is 22.1 Å². The zero-order chi connectivity index (χ0) is 14.5. The van der Waals surface area contributed by atoms with Gasteiger partial charge >= 0.3 is 5.97 Å². The molecule has 6 nitrogen and oxygen atoms in total. The predicted molar refractivity (Wildman–Crippen MR) is 76.0 cm³/mol. The van der Waals surface area contributed by atoms with E-state index < -0.39 is 5.97 Å². The van der Waals surface area contributed by atoms with Gasteiger partial charge in [0.05, 0.1) is 12.3 Å². The molecule has 1 aromatic heterocycles. The molecule has 7 heteroatoms. The van der Waals surface area contributed by atoms with E-state index in [2.05, 4.69) is 10.3 Å². The minimum Gasteiger partial charge on any atom is -0.461 e. The van der Waals surface area contributed by atoms with Crippen LogP contribution >= 0.6 is 11.6 Å². The van der Waals surface area contributed by atoms with Crippen LogP contribution in [0.2, 0.25) is 5.02 Å². The minimum atomic E-state index is -0.559. The maximum absolute atomic E-state index is 11.8. The molecule has 0 aliphatic rings. The van der Waals surface area contributed by atoms with Crippen LogP contribution in [0.4, 0.5) is 5.82 Å². The molecule has 0 aliphatic heterocycles. The number of nitrogens with zero attached hydrogens (tertiary/aromatic N) is 3. The highest BCUT2D eigenvalue weighted by Gasteiger charge is 2.19. The van der Waals surface area contributed by atoms with Gasteiger partial charge in [0.15, 0.2) is 5.82 Å². The summed E-state index contributed by atoms with van der Waals surface area (Å²) < 4.78 is 6.43. The second-order valence-electron chi connectivity index (χ2n) is 4.20. The second kappa shape index (κ2) is 6.38. The van der Waals surface area contributed by atoms with E-state index >= 15 is 0 Å². The zero-order valence-corrected chi connectivity index (χ0v) is 11.8. The smallest absolute Gasteiger partial charge is 0.362 e. The first kappa shape index (κ1) is 14.3. The van der Waals surface area contributed by atoms with Gasteiger partial charge in [-0.3, -0.25) is 0 Å². The van der Waals surface area contributed by atoms with Crippen molar-refractivity contribution in [1.82, 2.24) is 15.0 Å². The Kier molecular flexibility index (Phi) is 4.57. The van der Waals surface area contributed by atoms with Crippen LogP contribution in [0.15, 0.2) is 24.3 Å². The van der Waals surface area contributed by atoms with Gasteiger partial charge in [-0.2, -0.15) is 4.68 Å². The zero-order valence-electron chi connectivity index (χ0n) is 11.0. The Morgan fingerprint density at radius 1 is 1.40 bits per heavy atom. The number of anilines is 1. The summed E-state index contributed by atoms with van der Waals surface area (Å²) in [4.78, 5) is 11.8. The Labute approximate surface area is 121 Å². The quantitative estimate of drug-likeness (QED) is 0.676. The molecule has 0 atom stereocenters. The van der Waals surface area contributed by atoms with Gasteiger partial charge in [0.25, 0.3) is 0 Å². The van der Waals surface area contributed by atoms with E-state index in [1.54, 1.807) is 24.3 Å². The van der Waals surface area contributed by atoms with Crippen molar-refractivity contribution in [2.75, 3.05) is 12.3 Å². The monoisotopic (exact) mass is 294 g/mol. The maximum Gasteiger partial charge on any atom is 0.362 e. The van der Waals surface area contributed by atoms with Gasteiger partial charge in [0, 0.05) is 5.02 Å². The van der Waals surface area contributed by atoms with E-state index in [1.807, 2.05) is 6.92 Å². The molecule has 0 amide bonds. The van der Waals surface area contributed by atoms with Crippen molar-refractivity contribution in [3.63, 3.8) is 0 Å². The van der Waals surface area contributed by atoms with Crippen molar-refractivity contribution in [2.45, 2.75) is 19.8 Å². The van der Waals surface area contributed by atoms with Crippen LogP contribution in [0, 0.1) is 0 Å². The Bertz CT molecular complexity index is 595. The Hall–Kier alpha value is -2.08. The predicted octanol–water partition coefficient (Wildman–Crippen LogP) is 2.46. The number of aromatic nitrogens is 3. The summed E-state index contributed by atoms with van der Waals surface area (Å²) >= 11 is 5.81. The largest absolute Gasteiger partial charge is 0.461 e. The van der Waals surface area contributed by atoms with E-state index in [1.165, 1.54) is 4.68 Å². The fourth-order valence-electron chi connectivity index (χ4n) is 1.59. The van der Waals surface area contributed by atoms with Gasteiger partial charge in [0.1, 0.15) is 0 Å². The molecule has 2 aromatic rings. The lowest BCUT2D eigenvalue weighted by atomic mass is 10.3. The Morgan fingerprint density at radius 2 is 2.10 bits per heavy atom.